The summed E-state index contributed by atoms with van der Waals surface area (Å²) in [5, 5.41) is -0.466. The fourth-order valence-electron chi connectivity index (χ4n) is 0.882. The van der Waals surface area contributed by atoms with Gasteiger partial charge in [-0.25, -0.2) is 8.78 Å². The highest BCUT2D eigenvalue weighted by Gasteiger charge is 2.31. The van der Waals surface area contributed by atoms with Crippen LogP contribution in [0.3, 0.4) is 0 Å². The lowest BCUT2D eigenvalue weighted by atomic mass is 10.2. The summed E-state index contributed by atoms with van der Waals surface area (Å²) in [6.45, 7) is 0. The molecule has 1 nitrogen and oxygen atoms in total. The van der Waals surface area contributed by atoms with Crippen molar-refractivity contribution in [2.45, 2.75) is 12.8 Å². The molecule has 0 aromatic heterocycles. The molecule has 1 aromatic rings. The van der Waals surface area contributed by atoms with Crippen molar-refractivity contribution in [1.82, 2.24) is 0 Å². The maximum absolute atomic E-state index is 12.1. The quantitative estimate of drug-likeness (QED) is 0.712. The average Bonchev–Trinajstić information content (AvgIpc) is 1.99. The van der Waals surface area contributed by atoms with E-state index >= 15 is 0 Å². The molecular formula is C8H4ClF5O. The van der Waals surface area contributed by atoms with Crippen LogP contribution in [0.1, 0.15) is 12.0 Å². The van der Waals surface area contributed by atoms with Crippen molar-refractivity contribution in [3.63, 3.8) is 0 Å². The van der Waals surface area contributed by atoms with Crippen LogP contribution in [0.15, 0.2) is 18.2 Å². The van der Waals surface area contributed by atoms with Gasteiger partial charge in [-0.1, -0.05) is 11.6 Å². The van der Waals surface area contributed by atoms with Gasteiger partial charge in [0.2, 0.25) is 0 Å². The van der Waals surface area contributed by atoms with Crippen LogP contribution in [-0.2, 0) is 0 Å². The first kappa shape index (κ1) is 12.0. The first-order valence-corrected chi connectivity index (χ1v) is 4.01. The maximum atomic E-state index is 12.1. The van der Waals surface area contributed by atoms with Gasteiger partial charge in [0.15, 0.2) is 0 Å². The largest absolute Gasteiger partial charge is 0.573 e. The van der Waals surface area contributed by atoms with Gasteiger partial charge in [-0.2, -0.15) is 0 Å². The SMILES string of the molecule is FC(F)c1ccc(OC(F)(F)F)cc1Cl. The molecule has 0 saturated heterocycles. The summed E-state index contributed by atoms with van der Waals surface area (Å²) in [6, 6.07) is 2.26. The van der Waals surface area contributed by atoms with E-state index in [0.29, 0.717) is 6.07 Å². The average molecular weight is 247 g/mol. The fourth-order valence-corrected chi connectivity index (χ4v) is 1.13. The molecule has 15 heavy (non-hydrogen) atoms. The van der Waals surface area contributed by atoms with Crippen molar-refractivity contribution in [3.05, 3.63) is 28.8 Å². The van der Waals surface area contributed by atoms with Gasteiger partial charge in [-0.3, -0.25) is 0 Å². The van der Waals surface area contributed by atoms with E-state index in [9.17, 15) is 22.0 Å². The van der Waals surface area contributed by atoms with Gasteiger partial charge in [0.05, 0.1) is 5.02 Å². The first-order valence-electron chi connectivity index (χ1n) is 3.63. The zero-order valence-corrected chi connectivity index (χ0v) is 7.74. The van der Waals surface area contributed by atoms with Gasteiger partial charge >= 0.3 is 6.36 Å². The summed E-state index contributed by atoms with van der Waals surface area (Å²) < 4.78 is 62.9. The molecule has 0 N–H and O–H groups in total. The van der Waals surface area contributed by atoms with Crippen LogP contribution in [0, 0.1) is 0 Å². The summed E-state index contributed by atoms with van der Waals surface area (Å²) in [5.74, 6) is -0.628. The topological polar surface area (TPSA) is 9.23 Å². The van der Waals surface area contributed by atoms with Crippen molar-refractivity contribution in [2.24, 2.45) is 0 Å². The molecule has 0 radical (unpaired) electrons. The molecule has 0 amide bonds. The zero-order chi connectivity index (χ0) is 11.6. The van der Waals surface area contributed by atoms with E-state index in [2.05, 4.69) is 4.74 Å². The third-order valence-corrected chi connectivity index (χ3v) is 1.77. The first-order chi connectivity index (χ1) is 6.79. The summed E-state index contributed by atoms with van der Waals surface area (Å²) >= 11 is 5.33. The van der Waals surface area contributed by atoms with Gasteiger partial charge in [-0.15, -0.1) is 13.2 Å². The smallest absolute Gasteiger partial charge is 0.406 e. The molecule has 0 heterocycles. The van der Waals surface area contributed by atoms with E-state index in [4.69, 9.17) is 11.6 Å². The van der Waals surface area contributed by atoms with Crippen LogP contribution in [0.4, 0.5) is 22.0 Å². The van der Waals surface area contributed by atoms with Crippen molar-refractivity contribution >= 4 is 11.6 Å². The Morgan fingerprint density at radius 3 is 2.20 bits per heavy atom. The van der Waals surface area contributed by atoms with E-state index in [1.165, 1.54) is 0 Å². The minimum Gasteiger partial charge on any atom is -0.406 e. The lowest BCUT2D eigenvalue weighted by Gasteiger charge is -2.10. The molecule has 1 rings (SSSR count). The van der Waals surface area contributed by atoms with Crippen molar-refractivity contribution < 1.29 is 26.7 Å². The fraction of sp³-hybridized carbons (Fsp3) is 0.250. The minimum absolute atomic E-state index is 0.466. The number of benzene rings is 1. The lowest BCUT2D eigenvalue weighted by molar-refractivity contribution is -0.274. The number of rotatable bonds is 2. The molecule has 0 aliphatic heterocycles. The van der Waals surface area contributed by atoms with E-state index in [1.54, 1.807) is 0 Å². The molecule has 0 atom stereocenters. The second-order valence-corrected chi connectivity index (χ2v) is 2.94. The monoisotopic (exact) mass is 246 g/mol. The zero-order valence-electron chi connectivity index (χ0n) is 6.99. The molecule has 0 unspecified atom stereocenters. The van der Waals surface area contributed by atoms with Crippen molar-refractivity contribution in [1.29, 1.82) is 0 Å². The normalized spacial score (nSPS) is 11.9. The van der Waals surface area contributed by atoms with Crippen LogP contribution in [0.2, 0.25) is 5.02 Å². The Morgan fingerprint density at radius 1 is 1.20 bits per heavy atom. The van der Waals surface area contributed by atoms with Crippen LogP contribution in [0.25, 0.3) is 0 Å². The number of hydrogen-bond donors (Lipinski definition) is 0. The molecule has 1 aromatic carbocycles. The van der Waals surface area contributed by atoms with E-state index in [1.807, 2.05) is 0 Å². The third kappa shape index (κ3) is 3.54. The van der Waals surface area contributed by atoms with E-state index < -0.39 is 29.1 Å². The predicted molar refractivity (Wildman–Crippen MR) is 43.1 cm³/mol. The Labute approximate surface area is 86.4 Å². The highest BCUT2D eigenvalue weighted by molar-refractivity contribution is 6.31. The van der Waals surface area contributed by atoms with E-state index in [0.717, 1.165) is 12.1 Å². The third-order valence-electron chi connectivity index (χ3n) is 1.44. The van der Waals surface area contributed by atoms with Crippen LogP contribution in [-0.4, -0.2) is 6.36 Å². The van der Waals surface area contributed by atoms with E-state index in [-0.39, 0.29) is 0 Å². The Morgan fingerprint density at radius 2 is 1.80 bits per heavy atom. The lowest BCUT2D eigenvalue weighted by Crippen LogP contribution is -2.17. The molecule has 0 bridgehead atoms. The highest BCUT2D eigenvalue weighted by atomic mass is 35.5. The van der Waals surface area contributed by atoms with Crippen molar-refractivity contribution in [3.8, 4) is 5.75 Å². The molecule has 0 aliphatic rings. The Kier molecular flexibility index (Phi) is 3.38. The summed E-state index contributed by atoms with van der Waals surface area (Å²) in [4.78, 5) is 0. The molecule has 84 valence electrons. The second kappa shape index (κ2) is 4.22. The second-order valence-electron chi connectivity index (χ2n) is 2.53. The Balaban J connectivity index is 2.92. The summed E-state index contributed by atoms with van der Waals surface area (Å²) in [6.07, 6.45) is -7.70. The van der Waals surface area contributed by atoms with Gasteiger partial charge in [0, 0.05) is 5.56 Å². The van der Waals surface area contributed by atoms with Crippen LogP contribution >= 0.6 is 11.6 Å². The van der Waals surface area contributed by atoms with Crippen LogP contribution < -0.4 is 4.74 Å². The van der Waals surface area contributed by atoms with Gasteiger partial charge < -0.3 is 4.74 Å². The summed E-state index contributed by atoms with van der Waals surface area (Å²) in [5.41, 5.74) is -0.536. The summed E-state index contributed by atoms with van der Waals surface area (Å²) in [7, 11) is 0. The molecule has 0 saturated carbocycles. The Bertz CT molecular complexity index is 349. The van der Waals surface area contributed by atoms with Crippen LogP contribution in [0.5, 0.6) is 5.75 Å². The standard InChI is InChI=1S/C8H4ClF5O/c9-6-3-4(15-8(12,13)14)1-2-5(6)7(10)11/h1-3,7H. The number of halogens is 6. The number of alkyl halides is 5. The molecule has 0 fully saturated rings. The molecule has 0 spiro atoms. The van der Waals surface area contributed by atoms with Gasteiger partial charge in [0.25, 0.3) is 6.43 Å². The maximum Gasteiger partial charge on any atom is 0.573 e. The number of ether oxygens (including phenoxy) is 1. The molecule has 7 heteroatoms. The number of hydrogen-bond acceptors (Lipinski definition) is 1. The molecular weight excluding hydrogens is 243 g/mol. The van der Waals surface area contributed by atoms with Gasteiger partial charge in [-0.05, 0) is 18.2 Å². The minimum atomic E-state index is -4.87. The Hall–Kier alpha value is -1.04. The van der Waals surface area contributed by atoms with Gasteiger partial charge in [0.1, 0.15) is 5.75 Å². The predicted octanol–water partition coefficient (Wildman–Crippen LogP) is 4.18. The highest BCUT2D eigenvalue weighted by Crippen LogP contribution is 2.32. The molecule has 0 aliphatic carbocycles. The van der Waals surface area contributed by atoms with Crippen molar-refractivity contribution in [2.75, 3.05) is 0 Å².